The molecular weight excluding hydrogens is 190 g/mol. The number of carbonyl (C=O) groups is 1. The van der Waals surface area contributed by atoms with Crippen molar-refractivity contribution in [1.29, 1.82) is 0 Å². The van der Waals surface area contributed by atoms with E-state index in [0.29, 0.717) is 0 Å². The maximum Gasteiger partial charge on any atom is 1.00 e. The van der Waals surface area contributed by atoms with E-state index in [4.69, 9.17) is 0 Å². The van der Waals surface area contributed by atoms with Crippen LogP contribution in [0.1, 0.15) is 6.92 Å². The van der Waals surface area contributed by atoms with Crippen molar-refractivity contribution in [3.8, 4) is 0 Å². The van der Waals surface area contributed by atoms with Gasteiger partial charge in [0.1, 0.15) is 6.61 Å². The van der Waals surface area contributed by atoms with Crippen molar-refractivity contribution in [2.24, 2.45) is 0 Å². The van der Waals surface area contributed by atoms with Gasteiger partial charge in [-0.2, -0.15) is 0 Å². The Balaban J connectivity index is 0. The summed E-state index contributed by atoms with van der Waals surface area (Å²) >= 11 is 0. The van der Waals surface area contributed by atoms with Gasteiger partial charge in [0.25, 0.3) is 0 Å². The van der Waals surface area contributed by atoms with Crippen LogP contribution >= 0.6 is 7.60 Å². The van der Waals surface area contributed by atoms with Gasteiger partial charge < -0.3 is 14.2 Å². The average Bonchev–Trinajstić information content (AvgIpc) is 2.00. The molecule has 0 amide bonds. The minimum atomic E-state index is -4.47. The van der Waals surface area contributed by atoms with Crippen LogP contribution in [-0.4, -0.2) is 18.9 Å². The first-order valence-electron chi connectivity index (χ1n) is 3.28. The van der Waals surface area contributed by atoms with Crippen LogP contribution in [0.4, 0.5) is 4.79 Å². The fourth-order valence-electron chi connectivity index (χ4n) is 0.432. The van der Waals surface area contributed by atoms with Crippen LogP contribution in [0.15, 0.2) is 12.7 Å². The predicted octanol–water partition coefficient (Wildman–Crippen LogP) is -2.10. The van der Waals surface area contributed by atoms with Crippen LogP contribution in [-0.2, 0) is 13.8 Å². The molecule has 0 aliphatic carbocycles. The van der Waals surface area contributed by atoms with Gasteiger partial charge in [-0.15, -0.1) is 0 Å². The number of ether oxygens (including phenoxy) is 1. The molecule has 0 saturated carbocycles. The molecular formula is C6H10LiO5P. The molecule has 0 saturated heterocycles. The van der Waals surface area contributed by atoms with Crippen LogP contribution < -0.4 is 23.8 Å². The van der Waals surface area contributed by atoms with Crippen LogP contribution in [0.5, 0.6) is 0 Å². The molecule has 1 atom stereocenters. The maximum atomic E-state index is 10.7. The maximum absolute atomic E-state index is 10.7. The van der Waals surface area contributed by atoms with E-state index in [1.807, 2.05) is 0 Å². The van der Waals surface area contributed by atoms with E-state index >= 15 is 0 Å². The number of rotatable bonds is 5. The quantitative estimate of drug-likeness (QED) is 0.288. The summed E-state index contributed by atoms with van der Waals surface area (Å²) in [5.74, 6) is 0. The van der Waals surface area contributed by atoms with Crippen molar-refractivity contribution in [2.45, 2.75) is 6.92 Å². The molecule has 7 heteroatoms. The Morgan fingerprint density at radius 3 is 2.62 bits per heavy atom. The van der Waals surface area contributed by atoms with Gasteiger partial charge in [-0.1, -0.05) is 12.7 Å². The van der Waals surface area contributed by atoms with Gasteiger partial charge in [0.05, 0.1) is 6.61 Å². The van der Waals surface area contributed by atoms with Gasteiger partial charge >= 0.3 is 24.6 Å². The molecule has 0 aliphatic rings. The van der Waals surface area contributed by atoms with Crippen LogP contribution in [0.25, 0.3) is 0 Å². The first-order chi connectivity index (χ1) is 5.54. The molecule has 5 nitrogen and oxygen atoms in total. The zero-order valence-electron chi connectivity index (χ0n) is 7.69. The molecule has 0 N–H and O–H groups in total. The minimum absolute atomic E-state index is 0. The summed E-state index contributed by atoms with van der Waals surface area (Å²) in [6, 6.07) is 0. The summed E-state index contributed by atoms with van der Waals surface area (Å²) in [5.41, 5.74) is -1.36. The van der Waals surface area contributed by atoms with E-state index in [9.17, 15) is 14.3 Å². The second kappa shape index (κ2) is 7.37. The number of carbonyl (C=O) groups excluding carboxylic acids is 1. The van der Waals surface area contributed by atoms with E-state index in [2.05, 4.69) is 15.8 Å². The topological polar surface area (TPSA) is 75.7 Å². The Morgan fingerprint density at radius 1 is 1.69 bits per heavy atom. The minimum Gasteiger partial charge on any atom is -0.770 e. The van der Waals surface area contributed by atoms with Crippen molar-refractivity contribution < 1.29 is 42.4 Å². The van der Waals surface area contributed by atoms with Gasteiger partial charge in [-0.25, -0.2) is 4.79 Å². The molecule has 0 bridgehead atoms. The molecule has 0 aromatic heterocycles. The summed E-state index contributed by atoms with van der Waals surface area (Å²) in [4.78, 5) is 21.4. The second-order valence-electron chi connectivity index (χ2n) is 1.78. The number of hydrogen-bond donors (Lipinski definition) is 0. The van der Waals surface area contributed by atoms with Gasteiger partial charge in [0.15, 0.2) is 0 Å². The van der Waals surface area contributed by atoms with E-state index in [1.54, 1.807) is 0 Å². The standard InChI is InChI=1S/C6H11O5P.Li/c1-3-5-10-6(7)12(8,9)11-4-2;/h3H,1,4-5H2,2H3,(H,8,9);/q;+1/p-1. The second-order valence-corrected chi connectivity index (χ2v) is 3.40. The van der Waals surface area contributed by atoms with Crippen molar-refractivity contribution in [3.05, 3.63) is 12.7 Å². The monoisotopic (exact) mass is 200 g/mol. The van der Waals surface area contributed by atoms with Crippen LogP contribution in [0.2, 0.25) is 0 Å². The molecule has 0 fully saturated rings. The van der Waals surface area contributed by atoms with E-state index in [0.717, 1.165) is 0 Å². The van der Waals surface area contributed by atoms with Gasteiger partial charge in [0.2, 0.25) is 7.60 Å². The fraction of sp³-hybridized carbons (Fsp3) is 0.500. The van der Waals surface area contributed by atoms with Crippen molar-refractivity contribution >= 4 is 13.3 Å². The third-order valence-electron chi connectivity index (χ3n) is 0.847. The molecule has 0 heterocycles. The Kier molecular flexibility index (Phi) is 8.75. The van der Waals surface area contributed by atoms with Crippen molar-refractivity contribution in [2.75, 3.05) is 13.2 Å². The first kappa shape index (κ1) is 15.4. The summed E-state index contributed by atoms with van der Waals surface area (Å²) in [6.45, 7) is 4.49. The molecule has 13 heavy (non-hydrogen) atoms. The Morgan fingerprint density at radius 2 is 2.23 bits per heavy atom. The smallest absolute Gasteiger partial charge is 0.770 e. The summed E-state index contributed by atoms with van der Waals surface area (Å²) < 4.78 is 19.2. The Hall–Kier alpha value is -0.0426. The molecule has 0 aliphatic heterocycles. The van der Waals surface area contributed by atoms with Gasteiger partial charge in [-0.3, -0.25) is 4.57 Å². The van der Waals surface area contributed by atoms with Crippen molar-refractivity contribution in [3.63, 3.8) is 0 Å². The molecule has 70 valence electrons. The predicted molar refractivity (Wildman–Crippen MR) is 40.8 cm³/mol. The average molecular weight is 200 g/mol. The third-order valence-corrected chi connectivity index (χ3v) is 2.02. The van der Waals surface area contributed by atoms with Crippen molar-refractivity contribution in [1.82, 2.24) is 0 Å². The Labute approximate surface area is 88.8 Å². The van der Waals surface area contributed by atoms with Gasteiger partial charge in [0, 0.05) is 0 Å². The number of hydrogen-bond acceptors (Lipinski definition) is 5. The fourth-order valence-corrected chi connectivity index (χ4v) is 1.11. The summed E-state index contributed by atoms with van der Waals surface area (Å²) in [5, 5.41) is 0. The zero-order chi connectivity index (χ0) is 9.61. The normalized spacial score (nSPS) is 13.7. The molecule has 0 radical (unpaired) electrons. The van der Waals surface area contributed by atoms with Gasteiger partial charge in [-0.05, 0) is 6.92 Å². The summed E-state index contributed by atoms with van der Waals surface area (Å²) in [7, 11) is -4.47. The largest absolute Gasteiger partial charge is 1.00 e. The molecule has 0 aromatic carbocycles. The molecule has 0 rings (SSSR count). The molecule has 0 spiro atoms. The van der Waals surface area contributed by atoms with Crippen LogP contribution in [0, 0.1) is 0 Å². The SMILES string of the molecule is C=CCOC(=O)P(=O)([O-])OCC.[Li+]. The zero-order valence-corrected chi connectivity index (χ0v) is 8.58. The van der Waals surface area contributed by atoms with E-state index in [1.165, 1.54) is 13.0 Å². The summed E-state index contributed by atoms with van der Waals surface area (Å²) in [6.07, 6.45) is 1.27. The molecule has 1 unspecified atom stereocenters. The van der Waals surface area contributed by atoms with Crippen LogP contribution in [0.3, 0.4) is 0 Å². The first-order valence-corrected chi connectivity index (χ1v) is 4.82. The Bertz CT molecular complexity index is 217. The van der Waals surface area contributed by atoms with E-state index in [-0.39, 0.29) is 32.1 Å². The van der Waals surface area contributed by atoms with E-state index < -0.39 is 13.3 Å². The molecule has 0 aromatic rings. The third kappa shape index (κ3) is 6.09.